The van der Waals surface area contributed by atoms with Crippen molar-refractivity contribution in [2.24, 2.45) is 0 Å². The van der Waals surface area contributed by atoms with Crippen molar-refractivity contribution >= 4 is 39.0 Å². The molecule has 4 aliphatic carbocycles. The van der Waals surface area contributed by atoms with Crippen LogP contribution in [0.2, 0.25) is 0 Å². The van der Waals surface area contributed by atoms with Gasteiger partial charge in [-0.25, -0.2) is 0 Å². The summed E-state index contributed by atoms with van der Waals surface area (Å²) in [6.45, 7) is 13.9. The molecule has 2 heteroatoms. The molecule has 2 fully saturated rings. The second-order valence-electron chi connectivity index (χ2n) is 20.4. The average Bonchev–Trinajstić information content (AvgIpc) is 3.82. The van der Waals surface area contributed by atoms with Gasteiger partial charge >= 0.3 is 0 Å². The summed E-state index contributed by atoms with van der Waals surface area (Å²) in [6.07, 6.45) is 12.7. The summed E-state index contributed by atoms with van der Waals surface area (Å²) in [7, 11) is 0. The van der Waals surface area contributed by atoms with Crippen molar-refractivity contribution in [1.82, 2.24) is 0 Å². The molecule has 0 atom stereocenters. The molecule has 6 aromatic carbocycles. The third-order valence-electron chi connectivity index (χ3n) is 14.9. The molecule has 0 N–H and O–H groups in total. The lowest BCUT2D eigenvalue weighted by molar-refractivity contribution is 0.353. The van der Waals surface area contributed by atoms with Crippen LogP contribution in [0.4, 0.5) is 17.1 Å². The molecular formula is C56H57NO. The lowest BCUT2D eigenvalue weighted by Gasteiger charge is -2.37. The molecule has 2 saturated carbocycles. The normalized spacial score (nSPS) is 17.8. The molecule has 2 spiro atoms. The molecule has 4 aliphatic rings. The summed E-state index contributed by atoms with van der Waals surface area (Å²) in [5.41, 5.74) is 20.2. The predicted molar refractivity (Wildman–Crippen MR) is 244 cm³/mol. The van der Waals surface area contributed by atoms with E-state index in [0.717, 1.165) is 11.2 Å². The minimum Gasteiger partial charge on any atom is -0.456 e. The summed E-state index contributed by atoms with van der Waals surface area (Å²) < 4.78 is 6.85. The van der Waals surface area contributed by atoms with Crippen molar-refractivity contribution in [3.63, 3.8) is 0 Å². The van der Waals surface area contributed by atoms with Crippen LogP contribution in [-0.4, -0.2) is 0 Å². The predicted octanol–water partition coefficient (Wildman–Crippen LogP) is 16.1. The van der Waals surface area contributed by atoms with Crippen LogP contribution in [0.1, 0.15) is 139 Å². The maximum absolute atomic E-state index is 6.85. The average molecular weight is 760 g/mol. The van der Waals surface area contributed by atoms with E-state index in [2.05, 4.69) is 162 Å². The standard InChI is InChI=1S/C56H57NO/c1-53(2,3)36-31-45-44-33-37(23-26-51(44)58-52(45)50(32-36)54(4,5)6)57(38-21-24-42-40-17-9-11-19-46(40)55(48(42)34-38)27-13-7-14-28-55)39-22-25-43-41-18-10-12-20-47(41)56(49(43)35-39)29-15-8-16-30-56/h9-12,17-26,31-35H,7-8,13-16,27-30H2,1-6H3. The molecule has 7 aromatic rings. The zero-order valence-electron chi connectivity index (χ0n) is 35.4. The van der Waals surface area contributed by atoms with Gasteiger partial charge in [-0.1, -0.05) is 147 Å². The van der Waals surface area contributed by atoms with E-state index in [4.69, 9.17) is 4.42 Å². The molecule has 2 nitrogen and oxygen atoms in total. The number of rotatable bonds is 3. The molecule has 58 heavy (non-hydrogen) atoms. The number of anilines is 3. The SMILES string of the molecule is CC(C)(C)c1cc(C(C)(C)C)c2oc3ccc(N(c4ccc5c(c4)C4(CCCCC4)c4ccccc4-5)c4ccc5c(c4)C4(CCCCC4)c4ccccc4-5)cc3c2c1. The van der Waals surface area contributed by atoms with E-state index in [1.807, 2.05) is 0 Å². The Morgan fingerprint density at radius 1 is 0.448 bits per heavy atom. The first-order chi connectivity index (χ1) is 28.0. The summed E-state index contributed by atoms with van der Waals surface area (Å²) >= 11 is 0. The van der Waals surface area contributed by atoms with Crippen LogP contribution in [0.15, 0.2) is 120 Å². The minimum atomic E-state index is -0.0591. The molecule has 0 aliphatic heterocycles. The van der Waals surface area contributed by atoms with Crippen molar-refractivity contribution in [3.8, 4) is 22.3 Å². The molecule has 0 bridgehead atoms. The van der Waals surface area contributed by atoms with Crippen molar-refractivity contribution in [2.75, 3.05) is 4.90 Å². The third kappa shape index (κ3) is 5.22. The molecule has 0 radical (unpaired) electrons. The summed E-state index contributed by atoms with van der Waals surface area (Å²) in [5, 5.41) is 2.40. The zero-order valence-corrected chi connectivity index (χ0v) is 35.4. The molecule has 292 valence electrons. The molecule has 0 unspecified atom stereocenters. The quantitative estimate of drug-likeness (QED) is 0.178. The van der Waals surface area contributed by atoms with Gasteiger partial charge in [0.25, 0.3) is 0 Å². The van der Waals surface area contributed by atoms with Crippen LogP contribution in [0, 0.1) is 0 Å². The first-order valence-corrected chi connectivity index (χ1v) is 22.3. The van der Waals surface area contributed by atoms with E-state index >= 15 is 0 Å². The van der Waals surface area contributed by atoms with Crippen LogP contribution in [0.25, 0.3) is 44.2 Å². The minimum absolute atomic E-state index is 0.00949. The van der Waals surface area contributed by atoms with Crippen LogP contribution in [-0.2, 0) is 21.7 Å². The Bertz CT molecular complexity index is 2650. The maximum atomic E-state index is 6.85. The van der Waals surface area contributed by atoms with Gasteiger partial charge in [0.15, 0.2) is 0 Å². The van der Waals surface area contributed by atoms with Gasteiger partial charge in [-0.15, -0.1) is 0 Å². The van der Waals surface area contributed by atoms with Crippen LogP contribution < -0.4 is 4.90 Å². The number of nitrogens with zero attached hydrogens (tertiary/aromatic N) is 1. The second-order valence-corrected chi connectivity index (χ2v) is 20.4. The largest absolute Gasteiger partial charge is 0.456 e. The molecule has 11 rings (SSSR count). The monoisotopic (exact) mass is 759 g/mol. The highest BCUT2D eigenvalue weighted by Gasteiger charge is 2.45. The fourth-order valence-corrected chi connectivity index (χ4v) is 12.0. The van der Waals surface area contributed by atoms with Crippen molar-refractivity contribution in [3.05, 3.63) is 149 Å². The Morgan fingerprint density at radius 2 is 0.931 bits per heavy atom. The first-order valence-electron chi connectivity index (χ1n) is 22.3. The maximum Gasteiger partial charge on any atom is 0.139 e. The molecule has 0 saturated heterocycles. The van der Waals surface area contributed by atoms with Gasteiger partial charge in [0.05, 0.1) is 0 Å². The Kier molecular flexibility index (Phi) is 7.90. The number of benzene rings is 6. The topological polar surface area (TPSA) is 16.4 Å². The Hall–Kier alpha value is -5.08. The lowest BCUT2D eigenvalue weighted by atomic mass is 9.67. The van der Waals surface area contributed by atoms with E-state index < -0.39 is 0 Å². The summed E-state index contributed by atoms with van der Waals surface area (Å²) in [6, 6.07) is 45.2. The van der Waals surface area contributed by atoms with Gasteiger partial charge < -0.3 is 9.32 Å². The number of hydrogen-bond donors (Lipinski definition) is 0. The van der Waals surface area contributed by atoms with E-state index in [-0.39, 0.29) is 21.7 Å². The third-order valence-corrected chi connectivity index (χ3v) is 14.9. The number of fused-ring (bicyclic) bond motifs is 13. The summed E-state index contributed by atoms with van der Waals surface area (Å²) in [4.78, 5) is 2.58. The summed E-state index contributed by atoms with van der Waals surface area (Å²) in [5.74, 6) is 0. The Labute approximate surface area is 345 Å². The van der Waals surface area contributed by atoms with Crippen molar-refractivity contribution in [2.45, 2.75) is 127 Å². The van der Waals surface area contributed by atoms with Gasteiger partial charge in [-0.05, 0) is 135 Å². The number of furan rings is 1. The second kappa shape index (κ2) is 12.7. The van der Waals surface area contributed by atoms with Crippen LogP contribution in [0.5, 0.6) is 0 Å². The zero-order chi connectivity index (χ0) is 39.6. The van der Waals surface area contributed by atoms with E-state index in [0.29, 0.717) is 0 Å². The molecule has 0 amide bonds. The molecular weight excluding hydrogens is 703 g/mol. The van der Waals surface area contributed by atoms with E-state index in [1.165, 1.54) is 137 Å². The van der Waals surface area contributed by atoms with Gasteiger partial charge in [-0.3, -0.25) is 0 Å². The van der Waals surface area contributed by atoms with Crippen LogP contribution in [0.3, 0.4) is 0 Å². The van der Waals surface area contributed by atoms with Crippen molar-refractivity contribution < 1.29 is 4.42 Å². The molecule has 1 aromatic heterocycles. The fraction of sp³-hybridized carbons (Fsp3) is 0.357. The van der Waals surface area contributed by atoms with Gasteiger partial charge in [0, 0.05) is 44.2 Å². The Morgan fingerprint density at radius 3 is 1.45 bits per heavy atom. The molecule has 1 heterocycles. The fourth-order valence-electron chi connectivity index (χ4n) is 12.0. The highest BCUT2D eigenvalue weighted by molar-refractivity contribution is 6.08. The first kappa shape index (κ1) is 36.0. The lowest BCUT2D eigenvalue weighted by Crippen LogP contribution is -2.28. The van der Waals surface area contributed by atoms with E-state index in [1.54, 1.807) is 11.1 Å². The van der Waals surface area contributed by atoms with Gasteiger partial charge in [0.2, 0.25) is 0 Å². The Balaban J connectivity index is 1.15. The van der Waals surface area contributed by atoms with Crippen molar-refractivity contribution in [1.29, 1.82) is 0 Å². The van der Waals surface area contributed by atoms with E-state index in [9.17, 15) is 0 Å². The van der Waals surface area contributed by atoms with Crippen LogP contribution >= 0.6 is 0 Å². The van der Waals surface area contributed by atoms with Gasteiger partial charge in [-0.2, -0.15) is 0 Å². The number of hydrogen-bond acceptors (Lipinski definition) is 2. The highest BCUT2D eigenvalue weighted by Crippen LogP contribution is 2.59. The van der Waals surface area contributed by atoms with Gasteiger partial charge in [0.1, 0.15) is 11.2 Å². The smallest absolute Gasteiger partial charge is 0.139 e. The highest BCUT2D eigenvalue weighted by atomic mass is 16.3.